The molecule has 0 aliphatic rings. The highest BCUT2D eigenvalue weighted by Crippen LogP contribution is 2.13. The van der Waals surface area contributed by atoms with Gasteiger partial charge in [0.05, 0.1) is 0 Å². The number of rotatable bonds is 1. The Balaban J connectivity index is 0.000000252. The molecule has 13 heavy (non-hydrogen) atoms. The van der Waals surface area contributed by atoms with E-state index in [0.29, 0.717) is 16.5 Å². The van der Waals surface area contributed by atoms with Gasteiger partial charge in [0, 0.05) is 16.5 Å². The third-order valence-electron chi connectivity index (χ3n) is 1.28. The zero-order chi connectivity index (χ0) is 10.3. The Labute approximate surface area is 88.7 Å². The van der Waals surface area contributed by atoms with Crippen LogP contribution < -0.4 is 0 Å². The van der Waals surface area contributed by atoms with E-state index in [1.165, 1.54) is 0 Å². The van der Waals surface area contributed by atoms with Crippen molar-refractivity contribution in [2.75, 3.05) is 0 Å². The molecule has 0 aliphatic heterocycles. The second-order valence-electron chi connectivity index (χ2n) is 2.50. The summed E-state index contributed by atoms with van der Waals surface area (Å²) in [6.45, 7) is 3.43. The Morgan fingerprint density at radius 3 is 1.85 bits per heavy atom. The molecule has 0 radical (unpaired) electrons. The number of carbonyl (C=O) groups is 1. The van der Waals surface area contributed by atoms with Gasteiger partial charge < -0.3 is 4.79 Å². The topological polar surface area (TPSA) is 17.1 Å². The third kappa shape index (κ3) is 7.82. The van der Waals surface area contributed by atoms with E-state index < -0.39 is 0 Å². The monoisotopic (exact) mass is 218 g/mol. The van der Waals surface area contributed by atoms with Crippen molar-refractivity contribution in [3.05, 3.63) is 34.3 Å². The fourth-order valence-electron chi connectivity index (χ4n) is 0.460. The molecule has 0 unspecified atom stereocenters. The Hall–Kier alpha value is -0.530. The van der Waals surface area contributed by atoms with Crippen LogP contribution in [0.2, 0.25) is 10.0 Å². The normalized spacial score (nSPS) is 8.62. The van der Waals surface area contributed by atoms with E-state index in [0.717, 1.165) is 0 Å². The molecular weight excluding hydrogens is 207 g/mol. The minimum absolute atomic E-state index is 0.255. The Morgan fingerprint density at radius 2 is 1.69 bits per heavy atom. The van der Waals surface area contributed by atoms with Crippen molar-refractivity contribution in [3.8, 4) is 0 Å². The first-order valence-electron chi connectivity index (χ1n) is 3.96. The molecule has 0 amide bonds. The summed E-state index contributed by atoms with van der Waals surface area (Å²) in [7, 11) is 0. The zero-order valence-electron chi connectivity index (χ0n) is 7.68. The lowest BCUT2D eigenvalue weighted by Crippen LogP contribution is -1.80. The predicted molar refractivity (Wildman–Crippen MR) is 57.4 cm³/mol. The maximum absolute atomic E-state index is 9.81. The highest BCUT2D eigenvalue weighted by atomic mass is 35.5. The van der Waals surface area contributed by atoms with E-state index in [4.69, 9.17) is 23.2 Å². The van der Waals surface area contributed by atoms with E-state index >= 15 is 0 Å². The molecule has 0 aliphatic carbocycles. The lowest BCUT2D eigenvalue weighted by molar-refractivity contribution is -0.116. The molecule has 1 aromatic carbocycles. The first kappa shape index (κ1) is 12.5. The lowest BCUT2D eigenvalue weighted by atomic mass is 10.4. The number of ketones is 1. The molecule has 0 atom stereocenters. The SMILES string of the molecule is CCC(C)=O.Clc1cccc(Cl)c1. The summed E-state index contributed by atoms with van der Waals surface area (Å²) in [5, 5.41) is 1.36. The molecule has 0 saturated heterocycles. The van der Waals surface area contributed by atoms with Gasteiger partial charge in [-0.25, -0.2) is 0 Å². The van der Waals surface area contributed by atoms with Crippen molar-refractivity contribution < 1.29 is 4.79 Å². The zero-order valence-corrected chi connectivity index (χ0v) is 9.19. The van der Waals surface area contributed by atoms with Crippen LogP contribution in [0.4, 0.5) is 0 Å². The molecule has 0 heterocycles. The standard InChI is InChI=1S/C6H4Cl2.C4H8O/c7-5-2-1-3-6(8)4-5;1-3-4(2)5/h1-4H;3H2,1-2H3. The molecule has 1 rings (SSSR count). The lowest BCUT2D eigenvalue weighted by Gasteiger charge is -1.86. The molecule has 0 bridgehead atoms. The van der Waals surface area contributed by atoms with Gasteiger partial charge in [0.2, 0.25) is 0 Å². The highest BCUT2D eigenvalue weighted by Gasteiger charge is 1.85. The largest absolute Gasteiger partial charge is 0.300 e. The number of carbonyl (C=O) groups excluding carboxylic acids is 1. The van der Waals surface area contributed by atoms with Gasteiger partial charge in [-0.1, -0.05) is 36.2 Å². The second-order valence-corrected chi connectivity index (χ2v) is 3.37. The Morgan fingerprint density at radius 1 is 1.31 bits per heavy atom. The van der Waals surface area contributed by atoms with Gasteiger partial charge in [0.1, 0.15) is 5.78 Å². The molecule has 0 N–H and O–H groups in total. The van der Waals surface area contributed by atoms with Crippen LogP contribution in [0.5, 0.6) is 0 Å². The average Bonchev–Trinajstić information content (AvgIpc) is 2.05. The van der Waals surface area contributed by atoms with Crippen LogP contribution in [0, 0.1) is 0 Å². The van der Waals surface area contributed by atoms with Gasteiger partial charge in [0.15, 0.2) is 0 Å². The third-order valence-corrected chi connectivity index (χ3v) is 1.75. The van der Waals surface area contributed by atoms with Crippen LogP contribution >= 0.6 is 23.2 Å². The van der Waals surface area contributed by atoms with Gasteiger partial charge in [-0.05, 0) is 25.1 Å². The van der Waals surface area contributed by atoms with E-state index in [1.54, 1.807) is 25.1 Å². The molecule has 3 heteroatoms. The smallest absolute Gasteiger partial charge is 0.129 e. The van der Waals surface area contributed by atoms with Gasteiger partial charge in [-0.15, -0.1) is 0 Å². The van der Waals surface area contributed by atoms with Gasteiger partial charge in [-0.3, -0.25) is 0 Å². The summed E-state index contributed by atoms with van der Waals surface area (Å²) in [6.07, 6.45) is 0.667. The maximum Gasteiger partial charge on any atom is 0.129 e. The quantitative estimate of drug-likeness (QED) is 0.698. The van der Waals surface area contributed by atoms with Crippen molar-refractivity contribution >= 4 is 29.0 Å². The minimum atomic E-state index is 0.255. The summed E-state index contributed by atoms with van der Waals surface area (Å²) in [4.78, 5) is 9.81. The first-order chi connectivity index (χ1) is 6.06. The summed E-state index contributed by atoms with van der Waals surface area (Å²) in [5.41, 5.74) is 0. The van der Waals surface area contributed by atoms with Crippen LogP contribution in [0.1, 0.15) is 20.3 Å². The second kappa shape index (κ2) is 6.93. The Bertz CT molecular complexity index is 254. The molecule has 0 saturated carbocycles. The number of hydrogen-bond acceptors (Lipinski definition) is 1. The molecular formula is C10H12Cl2O. The van der Waals surface area contributed by atoms with Crippen LogP contribution in [0.25, 0.3) is 0 Å². The van der Waals surface area contributed by atoms with E-state index in [-0.39, 0.29) is 5.78 Å². The van der Waals surface area contributed by atoms with Gasteiger partial charge in [0.25, 0.3) is 0 Å². The number of halogens is 2. The van der Waals surface area contributed by atoms with Crippen LogP contribution in [-0.2, 0) is 4.79 Å². The molecule has 1 aromatic rings. The van der Waals surface area contributed by atoms with Crippen LogP contribution in [0.15, 0.2) is 24.3 Å². The van der Waals surface area contributed by atoms with Crippen molar-refractivity contribution in [2.24, 2.45) is 0 Å². The van der Waals surface area contributed by atoms with Crippen molar-refractivity contribution in [3.63, 3.8) is 0 Å². The van der Waals surface area contributed by atoms with E-state index in [1.807, 2.05) is 13.0 Å². The summed E-state index contributed by atoms with van der Waals surface area (Å²) < 4.78 is 0. The fraction of sp³-hybridized carbons (Fsp3) is 0.300. The van der Waals surface area contributed by atoms with Gasteiger partial charge in [-0.2, -0.15) is 0 Å². The Kier molecular flexibility index (Phi) is 6.65. The predicted octanol–water partition coefficient (Wildman–Crippen LogP) is 3.98. The summed E-state index contributed by atoms with van der Waals surface area (Å²) in [6, 6.07) is 7.08. The van der Waals surface area contributed by atoms with Crippen LogP contribution in [-0.4, -0.2) is 5.78 Å². The van der Waals surface area contributed by atoms with Crippen LogP contribution in [0.3, 0.4) is 0 Å². The molecule has 0 fully saturated rings. The highest BCUT2D eigenvalue weighted by molar-refractivity contribution is 6.34. The van der Waals surface area contributed by atoms with Crippen molar-refractivity contribution in [1.82, 2.24) is 0 Å². The number of benzene rings is 1. The van der Waals surface area contributed by atoms with Crippen molar-refractivity contribution in [2.45, 2.75) is 20.3 Å². The van der Waals surface area contributed by atoms with Crippen molar-refractivity contribution in [1.29, 1.82) is 0 Å². The average molecular weight is 219 g/mol. The minimum Gasteiger partial charge on any atom is -0.300 e. The molecule has 0 aromatic heterocycles. The maximum atomic E-state index is 9.81. The summed E-state index contributed by atoms with van der Waals surface area (Å²) in [5.74, 6) is 0.255. The van der Waals surface area contributed by atoms with E-state index in [2.05, 4.69) is 0 Å². The molecule has 0 spiro atoms. The van der Waals surface area contributed by atoms with E-state index in [9.17, 15) is 4.79 Å². The fourth-order valence-corrected chi connectivity index (χ4v) is 0.896. The summed E-state index contributed by atoms with van der Waals surface area (Å²) >= 11 is 11.1. The first-order valence-corrected chi connectivity index (χ1v) is 4.72. The number of hydrogen-bond donors (Lipinski definition) is 0. The van der Waals surface area contributed by atoms with Gasteiger partial charge >= 0.3 is 0 Å². The number of Topliss-reactive ketones (excluding diaryl/α,β-unsaturated/α-hetero) is 1. The molecule has 72 valence electrons. The molecule has 1 nitrogen and oxygen atoms in total.